The van der Waals surface area contributed by atoms with E-state index in [0.29, 0.717) is 17.5 Å². The van der Waals surface area contributed by atoms with Crippen LogP contribution in [0.2, 0.25) is 0 Å². The summed E-state index contributed by atoms with van der Waals surface area (Å²) in [6.07, 6.45) is 3.96. The highest BCUT2D eigenvalue weighted by atomic mass is 32.2. The van der Waals surface area contributed by atoms with Gasteiger partial charge in [-0.15, -0.1) is 11.3 Å². The topological polar surface area (TPSA) is 73.8 Å². The Labute approximate surface area is 153 Å². The van der Waals surface area contributed by atoms with E-state index in [1.54, 1.807) is 15.9 Å². The average Bonchev–Trinajstić information content (AvgIpc) is 3.27. The van der Waals surface area contributed by atoms with Gasteiger partial charge in [-0.2, -0.15) is 4.98 Å². The standard InChI is InChI=1S/C17H20N4O2S2/c1-4-12-18-13(23-20-12)8-24-17-19-15-14(16(22)21(17)9(2)3)10-6-5-7-11(10)25-15/h9H,4-8H2,1-3H3. The van der Waals surface area contributed by atoms with Crippen LogP contribution in [-0.2, 0) is 25.0 Å². The lowest BCUT2D eigenvalue weighted by atomic mass is 10.2. The number of aromatic nitrogens is 4. The van der Waals surface area contributed by atoms with E-state index in [0.717, 1.165) is 41.1 Å². The first-order chi connectivity index (χ1) is 12.1. The molecule has 0 bridgehead atoms. The van der Waals surface area contributed by atoms with Gasteiger partial charge in [-0.3, -0.25) is 9.36 Å². The molecule has 0 radical (unpaired) electrons. The Balaban J connectivity index is 1.74. The molecule has 3 heterocycles. The Morgan fingerprint density at radius 1 is 1.32 bits per heavy atom. The van der Waals surface area contributed by atoms with Gasteiger partial charge in [0.05, 0.1) is 11.1 Å². The first-order valence-corrected chi connectivity index (χ1v) is 10.4. The van der Waals surface area contributed by atoms with Crippen LogP contribution in [0.5, 0.6) is 0 Å². The molecular weight excluding hydrogens is 356 g/mol. The van der Waals surface area contributed by atoms with Gasteiger partial charge in [0.15, 0.2) is 11.0 Å². The predicted molar refractivity (Wildman–Crippen MR) is 99.5 cm³/mol. The van der Waals surface area contributed by atoms with Crippen LogP contribution in [0.25, 0.3) is 10.2 Å². The monoisotopic (exact) mass is 376 g/mol. The smallest absolute Gasteiger partial charge is 0.263 e. The van der Waals surface area contributed by atoms with Crippen molar-refractivity contribution < 1.29 is 4.52 Å². The zero-order valence-corrected chi connectivity index (χ0v) is 16.2. The van der Waals surface area contributed by atoms with Crippen molar-refractivity contribution in [2.75, 3.05) is 0 Å². The van der Waals surface area contributed by atoms with Crippen molar-refractivity contribution in [2.45, 2.75) is 63.4 Å². The first kappa shape index (κ1) is 16.8. The SMILES string of the molecule is CCc1noc(CSc2nc3sc4c(c3c(=O)n2C(C)C)CCC4)n1. The number of thiophene rings is 1. The largest absolute Gasteiger partial charge is 0.338 e. The summed E-state index contributed by atoms with van der Waals surface area (Å²) in [7, 11) is 0. The Morgan fingerprint density at radius 2 is 2.16 bits per heavy atom. The molecule has 0 saturated carbocycles. The molecule has 0 atom stereocenters. The summed E-state index contributed by atoms with van der Waals surface area (Å²) in [5, 5.41) is 5.48. The minimum absolute atomic E-state index is 0.0535. The molecule has 0 spiro atoms. The van der Waals surface area contributed by atoms with Crippen molar-refractivity contribution in [3.05, 3.63) is 32.5 Å². The molecule has 0 unspecified atom stereocenters. The van der Waals surface area contributed by atoms with Crippen LogP contribution in [0.1, 0.15) is 55.4 Å². The minimum Gasteiger partial charge on any atom is -0.338 e. The molecule has 0 aliphatic heterocycles. The third-order valence-corrected chi connectivity index (χ3v) is 6.53. The van der Waals surface area contributed by atoms with Crippen molar-refractivity contribution in [2.24, 2.45) is 0 Å². The highest BCUT2D eigenvalue weighted by Crippen LogP contribution is 2.36. The van der Waals surface area contributed by atoms with Gasteiger partial charge in [0.2, 0.25) is 5.89 Å². The number of hydrogen-bond acceptors (Lipinski definition) is 7. The maximum absolute atomic E-state index is 13.1. The molecule has 6 nitrogen and oxygen atoms in total. The molecule has 0 fully saturated rings. The fraction of sp³-hybridized carbons (Fsp3) is 0.529. The Bertz CT molecular complexity index is 987. The van der Waals surface area contributed by atoms with E-state index >= 15 is 0 Å². The number of rotatable bonds is 5. The van der Waals surface area contributed by atoms with Crippen LogP contribution in [0.3, 0.4) is 0 Å². The summed E-state index contributed by atoms with van der Waals surface area (Å²) in [6, 6.07) is 0.0535. The molecule has 132 valence electrons. The van der Waals surface area contributed by atoms with E-state index in [1.165, 1.54) is 22.2 Å². The van der Waals surface area contributed by atoms with Gasteiger partial charge < -0.3 is 4.52 Å². The van der Waals surface area contributed by atoms with Gasteiger partial charge in [-0.1, -0.05) is 23.8 Å². The van der Waals surface area contributed by atoms with Crippen molar-refractivity contribution in [1.29, 1.82) is 0 Å². The summed E-state index contributed by atoms with van der Waals surface area (Å²) in [5.41, 5.74) is 1.31. The Hall–Kier alpha value is -1.67. The fourth-order valence-corrected chi connectivity index (χ4v) is 5.48. The number of fused-ring (bicyclic) bond motifs is 3. The lowest BCUT2D eigenvalue weighted by molar-refractivity contribution is 0.385. The second-order valence-corrected chi connectivity index (χ2v) is 8.47. The van der Waals surface area contributed by atoms with Gasteiger partial charge >= 0.3 is 0 Å². The summed E-state index contributed by atoms with van der Waals surface area (Å²) in [4.78, 5) is 24.5. The summed E-state index contributed by atoms with van der Waals surface area (Å²) >= 11 is 3.16. The lowest BCUT2D eigenvalue weighted by Gasteiger charge is -2.14. The van der Waals surface area contributed by atoms with E-state index in [4.69, 9.17) is 9.51 Å². The van der Waals surface area contributed by atoms with E-state index in [-0.39, 0.29) is 11.6 Å². The zero-order valence-electron chi connectivity index (χ0n) is 14.5. The van der Waals surface area contributed by atoms with Crippen LogP contribution >= 0.6 is 23.1 Å². The van der Waals surface area contributed by atoms with Gasteiger partial charge in [0, 0.05) is 17.3 Å². The molecule has 0 aromatic carbocycles. The van der Waals surface area contributed by atoms with E-state index in [1.807, 2.05) is 20.8 Å². The highest BCUT2D eigenvalue weighted by Gasteiger charge is 2.24. The summed E-state index contributed by atoms with van der Waals surface area (Å²) in [6.45, 7) is 6.03. The van der Waals surface area contributed by atoms with Crippen LogP contribution < -0.4 is 5.56 Å². The number of nitrogens with zero attached hydrogens (tertiary/aromatic N) is 4. The lowest BCUT2D eigenvalue weighted by Crippen LogP contribution is -2.25. The van der Waals surface area contributed by atoms with Gasteiger partial charge in [-0.25, -0.2) is 4.98 Å². The summed E-state index contributed by atoms with van der Waals surface area (Å²) < 4.78 is 7.05. The summed E-state index contributed by atoms with van der Waals surface area (Å²) in [5.74, 6) is 1.79. The highest BCUT2D eigenvalue weighted by molar-refractivity contribution is 7.98. The van der Waals surface area contributed by atoms with E-state index in [2.05, 4.69) is 10.1 Å². The molecule has 4 rings (SSSR count). The third-order valence-electron chi connectivity index (χ3n) is 4.41. The van der Waals surface area contributed by atoms with Crippen LogP contribution in [0.4, 0.5) is 0 Å². The van der Waals surface area contributed by atoms with Gasteiger partial charge in [0.25, 0.3) is 5.56 Å². The molecule has 3 aromatic heterocycles. The van der Waals surface area contributed by atoms with Gasteiger partial charge in [-0.05, 0) is 38.7 Å². The van der Waals surface area contributed by atoms with Crippen LogP contribution in [0, 0.1) is 0 Å². The maximum atomic E-state index is 13.1. The normalized spacial score (nSPS) is 13.9. The maximum Gasteiger partial charge on any atom is 0.263 e. The molecule has 0 saturated heterocycles. The van der Waals surface area contributed by atoms with Crippen molar-refractivity contribution in [3.8, 4) is 0 Å². The molecule has 0 amide bonds. The van der Waals surface area contributed by atoms with Crippen LogP contribution in [-0.4, -0.2) is 19.7 Å². The molecule has 8 heteroatoms. The number of hydrogen-bond donors (Lipinski definition) is 0. The second-order valence-electron chi connectivity index (χ2n) is 6.45. The quantitative estimate of drug-likeness (QED) is 0.498. The molecular formula is C17H20N4O2S2. The van der Waals surface area contributed by atoms with Crippen LogP contribution in [0.15, 0.2) is 14.5 Å². The Kier molecular flexibility index (Phi) is 4.41. The van der Waals surface area contributed by atoms with E-state index < -0.39 is 0 Å². The first-order valence-electron chi connectivity index (χ1n) is 8.59. The molecule has 1 aliphatic rings. The molecule has 25 heavy (non-hydrogen) atoms. The third kappa shape index (κ3) is 2.91. The Morgan fingerprint density at radius 3 is 2.88 bits per heavy atom. The number of thioether (sulfide) groups is 1. The molecule has 0 N–H and O–H groups in total. The zero-order chi connectivity index (χ0) is 17.6. The van der Waals surface area contributed by atoms with Gasteiger partial charge in [0.1, 0.15) is 4.83 Å². The predicted octanol–water partition coefficient (Wildman–Crippen LogP) is 3.77. The minimum atomic E-state index is 0.0535. The van der Waals surface area contributed by atoms with Crippen molar-refractivity contribution >= 4 is 33.3 Å². The average molecular weight is 377 g/mol. The molecule has 3 aromatic rings. The molecule has 1 aliphatic carbocycles. The second kappa shape index (κ2) is 6.57. The number of aryl methyl sites for hydroxylation is 3. The van der Waals surface area contributed by atoms with E-state index in [9.17, 15) is 4.79 Å². The fourth-order valence-electron chi connectivity index (χ4n) is 3.21. The van der Waals surface area contributed by atoms with Crippen molar-refractivity contribution in [3.63, 3.8) is 0 Å². The van der Waals surface area contributed by atoms with Crippen molar-refractivity contribution in [1.82, 2.24) is 19.7 Å².